The summed E-state index contributed by atoms with van der Waals surface area (Å²) in [4.78, 5) is 1.42. The van der Waals surface area contributed by atoms with Crippen molar-refractivity contribution < 1.29 is 0 Å². The van der Waals surface area contributed by atoms with Crippen LogP contribution < -0.4 is 5.32 Å². The average Bonchev–Trinajstić information content (AvgIpc) is 2.30. The second-order valence-corrected chi connectivity index (χ2v) is 5.71. The molecule has 0 aliphatic rings. The van der Waals surface area contributed by atoms with Crippen LogP contribution in [0.2, 0.25) is 0 Å². The third-order valence-electron chi connectivity index (χ3n) is 2.82. The zero-order valence-corrected chi connectivity index (χ0v) is 12.2. The van der Waals surface area contributed by atoms with Crippen molar-refractivity contribution in [2.45, 2.75) is 44.9 Å². The highest BCUT2D eigenvalue weighted by Crippen LogP contribution is 2.22. The molecule has 0 heterocycles. The Labute approximate surface area is 110 Å². The lowest BCUT2D eigenvalue weighted by atomic mass is 10.2. The Morgan fingerprint density at radius 1 is 1.12 bits per heavy atom. The smallest absolute Gasteiger partial charge is 0.0106 e. The molecule has 0 unspecified atom stereocenters. The first-order valence-corrected chi connectivity index (χ1v) is 7.63. The first kappa shape index (κ1) is 14.6. The van der Waals surface area contributed by atoms with Gasteiger partial charge in [0.15, 0.2) is 0 Å². The van der Waals surface area contributed by atoms with Crippen molar-refractivity contribution >= 4 is 11.8 Å². The maximum atomic E-state index is 3.50. The van der Waals surface area contributed by atoms with Gasteiger partial charge in [-0.1, -0.05) is 37.5 Å². The summed E-state index contributed by atoms with van der Waals surface area (Å²) in [6.07, 6.45) is 3.96. The standard InChI is InChI=1S/C15H25NS/c1-4-5-6-9-16-10-11-17-15-8-7-13(2)12-14(15)3/h7-8,12,16H,4-6,9-11H2,1-3H3. The van der Waals surface area contributed by atoms with E-state index in [9.17, 15) is 0 Å². The largest absolute Gasteiger partial charge is 0.316 e. The number of unbranched alkanes of at least 4 members (excludes halogenated alkanes) is 2. The van der Waals surface area contributed by atoms with Crippen LogP contribution in [0.25, 0.3) is 0 Å². The molecule has 0 fully saturated rings. The molecule has 0 bridgehead atoms. The lowest BCUT2D eigenvalue weighted by molar-refractivity contribution is 0.636. The van der Waals surface area contributed by atoms with Gasteiger partial charge >= 0.3 is 0 Å². The van der Waals surface area contributed by atoms with Crippen molar-refractivity contribution in [3.8, 4) is 0 Å². The van der Waals surface area contributed by atoms with Gasteiger partial charge in [0.1, 0.15) is 0 Å². The summed E-state index contributed by atoms with van der Waals surface area (Å²) in [6, 6.07) is 6.70. The summed E-state index contributed by atoms with van der Waals surface area (Å²) in [5.41, 5.74) is 2.76. The van der Waals surface area contributed by atoms with Crippen molar-refractivity contribution in [2.75, 3.05) is 18.8 Å². The molecule has 0 aromatic heterocycles. The van der Waals surface area contributed by atoms with Gasteiger partial charge in [0.05, 0.1) is 0 Å². The molecule has 0 aliphatic carbocycles. The SMILES string of the molecule is CCCCCNCCSc1ccc(C)cc1C. The van der Waals surface area contributed by atoms with Crippen LogP contribution in [0, 0.1) is 13.8 Å². The van der Waals surface area contributed by atoms with E-state index in [0.29, 0.717) is 0 Å². The summed E-state index contributed by atoms with van der Waals surface area (Å²) in [5, 5.41) is 3.50. The predicted octanol–water partition coefficient (Wildman–Crippen LogP) is 4.18. The Morgan fingerprint density at radius 2 is 1.94 bits per heavy atom. The van der Waals surface area contributed by atoms with Gasteiger partial charge in [0.25, 0.3) is 0 Å². The van der Waals surface area contributed by atoms with Crippen molar-refractivity contribution in [1.29, 1.82) is 0 Å². The molecular formula is C15H25NS. The molecule has 0 radical (unpaired) electrons. The molecule has 1 nitrogen and oxygen atoms in total. The maximum Gasteiger partial charge on any atom is 0.0106 e. The number of rotatable bonds is 8. The van der Waals surface area contributed by atoms with Gasteiger partial charge in [0, 0.05) is 17.2 Å². The topological polar surface area (TPSA) is 12.0 Å². The Bertz CT molecular complexity index is 323. The second kappa shape index (κ2) is 8.60. The number of hydrogen-bond donors (Lipinski definition) is 1. The molecule has 1 rings (SSSR count). The van der Waals surface area contributed by atoms with Crippen molar-refractivity contribution in [2.24, 2.45) is 0 Å². The van der Waals surface area contributed by atoms with Gasteiger partial charge in [-0.3, -0.25) is 0 Å². The zero-order valence-electron chi connectivity index (χ0n) is 11.4. The summed E-state index contributed by atoms with van der Waals surface area (Å²) in [5.74, 6) is 1.16. The van der Waals surface area contributed by atoms with E-state index in [1.165, 1.54) is 41.8 Å². The van der Waals surface area contributed by atoms with Crippen LogP contribution in [-0.4, -0.2) is 18.8 Å². The lowest BCUT2D eigenvalue weighted by Crippen LogP contribution is -2.18. The highest BCUT2D eigenvalue weighted by Gasteiger charge is 1.98. The highest BCUT2D eigenvalue weighted by atomic mass is 32.2. The van der Waals surface area contributed by atoms with E-state index >= 15 is 0 Å². The van der Waals surface area contributed by atoms with Crippen LogP contribution in [0.3, 0.4) is 0 Å². The molecule has 96 valence electrons. The molecule has 1 aromatic rings. The van der Waals surface area contributed by atoms with Crippen LogP contribution in [0.1, 0.15) is 37.3 Å². The Balaban J connectivity index is 2.14. The van der Waals surface area contributed by atoms with Crippen LogP contribution in [0.5, 0.6) is 0 Å². The Morgan fingerprint density at radius 3 is 2.65 bits per heavy atom. The molecule has 0 spiro atoms. The lowest BCUT2D eigenvalue weighted by Gasteiger charge is -2.07. The van der Waals surface area contributed by atoms with E-state index in [-0.39, 0.29) is 0 Å². The van der Waals surface area contributed by atoms with Crippen LogP contribution >= 0.6 is 11.8 Å². The molecular weight excluding hydrogens is 226 g/mol. The summed E-state index contributed by atoms with van der Waals surface area (Å²) in [6.45, 7) is 8.87. The first-order chi connectivity index (χ1) is 8.24. The molecule has 1 aromatic carbocycles. The minimum Gasteiger partial charge on any atom is -0.316 e. The molecule has 0 saturated carbocycles. The molecule has 0 aliphatic heterocycles. The fraction of sp³-hybridized carbons (Fsp3) is 0.600. The quantitative estimate of drug-likeness (QED) is 0.549. The molecule has 0 saturated heterocycles. The van der Waals surface area contributed by atoms with E-state index in [2.05, 4.69) is 44.3 Å². The highest BCUT2D eigenvalue weighted by molar-refractivity contribution is 7.99. The van der Waals surface area contributed by atoms with Gasteiger partial charge in [-0.15, -0.1) is 11.8 Å². The summed E-state index contributed by atoms with van der Waals surface area (Å²) < 4.78 is 0. The van der Waals surface area contributed by atoms with Gasteiger partial charge < -0.3 is 5.32 Å². The molecule has 17 heavy (non-hydrogen) atoms. The molecule has 0 amide bonds. The van der Waals surface area contributed by atoms with E-state index in [1.54, 1.807) is 0 Å². The fourth-order valence-electron chi connectivity index (χ4n) is 1.82. The predicted molar refractivity (Wildman–Crippen MR) is 79.0 cm³/mol. The maximum absolute atomic E-state index is 3.50. The number of thioether (sulfide) groups is 1. The first-order valence-electron chi connectivity index (χ1n) is 6.65. The number of benzene rings is 1. The molecule has 0 atom stereocenters. The molecule has 2 heteroatoms. The van der Waals surface area contributed by atoms with Crippen molar-refractivity contribution in [1.82, 2.24) is 5.32 Å². The van der Waals surface area contributed by atoms with E-state index < -0.39 is 0 Å². The fourth-order valence-corrected chi connectivity index (χ4v) is 2.74. The summed E-state index contributed by atoms with van der Waals surface area (Å²) >= 11 is 1.96. The van der Waals surface area contributed by atoms with Gasteiger partial charge in [-0.2, -0.15) is 0 Å². The minimum atomic E-state index is 1.11. The third kappa shape index (κ3) is 6.13. The zero-order chi connectivity index (χ0) is 12.5. The monoisotopic (exact) mass is 251 g/mol. The Kier molecular flexibility index (Phi) is 7.38. The van der Waals surface area contributed by atoms with E-state index in [0.717, 1.165) is 12.3 Å². The Hall–Kier alpha value is -0.470. The average molecular weight is 251 g/mol. The van der Waals surface area contributed by atoms with E-state index in [1.807, 2.05) is 11.8 Å². The van der Waals surface area contributed by atoms with Gasteiger partial charge in [0.2, 0.25) is 0 Å². The normalized spacial score (nSPS) is 10.8. The molecule has 1 N–H and O–H groups in total. The van der Waals surface area contributed by atoms with Crippen LogP contribution in [-0.2, 0) is 0 Å². The number of aryl methyl sites for hydroxylation is 2. The van der Waals surface area contributed by atoms with Crippen LogP contribution in [0.15, 0.2) is 23.1 Å². The van der Waals surface area contributed by atoms with Crippen molar-refractivity contribution in [3.63, 3.8) is 0 Å². The minimum absolute atomic E-state index is 1.11. The van der Waals surface area contributed by atoms with E-state index in [4.69, 9.17) is 0 Å². The summed E-state index contributed by atoms with van der Waals surface area (Å²) in [7, 11) is 0. The number of nitrogens with one attached hydrogen (secondary N) is 1. The third-order valence-corrected chi connectivity index (χ3v) is 4.00. The second-order valence-electron chi connectivity index (χ2n) is 4.57. The van der Waals surface area contributed by atoms with Crippen molar-refractivity contribution in [3.05, 3.63) is 29.3 Å². The van der Waals surface area contributed by atoms with Gasteiger partial charge in [-0.25, -0.2) is 0 Å². The number of hydrogen-bond acceptors (Lipinski definition) is 2. The van der Waals surface area contributed by atoms with Crippen LogP contribution in [0.4, 0.5) is 0 Å². The van der Waals surface area contributed by atoms with Gasteiger partial charge in [-0.05, 0) is 38.4 Å².